The van der Waals surface area contributed by atoms with Crippen LogP contribution in [-0.2, 0) is 13.0 Å². The largest absolute Gasteiger partial charge is 0.330 e. The highest BCUT2D eigenvalue weighted by Gasteiger charge is 2.16. The van der Waals surface area contributed by atoms with Gasteiger partial charge in [0.1, 0.15) is 5.65 Å². The minimum absolute atomic E-state index is 0.471. The molecular formula is C19H33N3. The molecule has 3 rings (SSSR count). The van der Waals surface area contributed by atoms with Crippen molar-refractivity contribution in [3.8, 4) is 0 Å². The molecule has 0 saturated carbocycles. The van der Waals surface area contributed by atoms with Crippen molar-refractivity contribution in [1.29, 1.82) is 0 Å². The Morgan fingerprint density at radius 2 is 1.73 bits per heavy atom. The molecule has 0 radical (unpaired) electrons. The first-order chi connectivity index (χ1) is 10.5. The highest BCUT2D eigenvalue weighted by molar-refractivity contribution is 5.84. The molecule has 3 heteroatoms. The Labute approximate surface area is 136 Å². The van der Waals surface area contributed by atoms with E-state index in [0.717, 1.165) is 31.1 Å². The summed E-state index contributed by atoms with van der Waals surface area (Å²) < 4.78 is 2.28. The van der Waals surface area contributed by atoms with Gasteiger partial charge in [-0.3, -0.25) is 0 Å². The predicted octanol–water partition coefficient (Wildman–Crippen LogP) is 4.95. The third-order valence-electron chi connectivity index (χ3n) is 3.32. The molecule has 1 aliphatic heterocycles. The molecule has 0 saturated heterocycles. The fraction of sp³-hybridized carbons (Fsp3) is 0.632. The molecule has 1 N–H and O–H groups in total. The number of hydrogen-bond donors (Lipinski definition) is 1. The summed E-state index contributed by atoms with van der Waals surface area (Å²) in [5.74, 6) is 0.833. The molecule has 124 valence electrons. The predicted molar refractivity (Wildman–Crippen MR) is 97.4 cm³/mol. The van der Waals surface area contributed by atoms with Crippen LogP contribution in [0.25, 0.3) is 11.0 Å². The average molecular weight is 303 g/mol. The molecule has 0 fully saturated rings. The van der Waals surface area contributed by atoms with Crippen molar-refractivity contribution >= 4 is 11.0 Å². The van der Waals surface area contributed by atoms with Gasteiger partial charge in [-0.05, 0) is 49.9 Å². The van der Waals surface area contributed by atoms with Crippen LogP contribution in [0.3, 0.4) is 0 Å². The SMILES string of the molecule is CC.CC(C)C.CC(C)n1cc2c3c(ccnc31)CCNC2. The van der Waals surface area contributed by atoms with Gasteiger partial charge in [0.15, 0.2) is 0 Å². The molecular weight excluding hydrogens is 270 g/mol. The maximum atomic E-state index is 4.54. The monoisotopic (exact) mass is 303 g/mol. The van der Waals surface area contributed by atoms with E-state index in [4.69, 9.17) is 0 Å². The van der Waals surface area contributed by atoms with Gasteiger partial charge in [-0.15, -0.1) is 0 Å². The molecule has 0 bridgehead atoms. The summed E-state index contributed by atoms with van der Waals surface area (Å²) in [6.45, 7) is 16.9. The lowest BCUT2D eigenvalue weighted by Gasteiger charge is -2.09. The lowest BCUT2D eigenvalue weighted by atomic mass is 10.1. The van der Waals surface area contributed by atoms with Crippen LogP contribution >= 0.6 is 0 Å². The van der Waals surface area contributed by atoms with E-state index in [1.54, 1.807) is 0 Å². The molecule has 0 unspecified atom stereocenters. The summed E-state index contributed by atoms with van der Waals surface area (Å²) in [6.07, 6.45) is 5.30. The first-order valence-electron chi connectivity index (χ1n) is 8.68. The van der Waals surface area contributed by atoms with Crippen LogP contribution in [0.4, 0.5) is 0 Å². The van der Waals surface area contributed by atoms with Crippen LogP contribution in [0.1, 0.15) is 65.6 Å². The van der Waals surface area contributed by atoms with E-state index in [2.05, 4.69) is 61.7 Å². The molecule has 2 aromatic rings. The zero-order valence-corrected chi connectivity index (χ0v) is 15.4. The normalized spacial score (nSPS) is 13.3. The standard InChI is InChI=1S/C13H17N3.C4H10.C2H6/c1-9(2)16-8-11-7-14-5-3-10-4-6-15-13(16)12(10)11;1-4(2)3;1-2/h4,6,8-9,14H,3,5,7H2,1-2H3;4H,1-3H3;1-2H3. The van der Waals surface area contributed by atoms with Gasteiger partial charge < -0.3 is 9.88 Å². The number of hydrogen-bond acceptors (Lipinski definition) is 2. The van der Waals surface area contributed by atoms with Crippen LogP contribution in [0.15, 0.2) is 18.5 Å². The van der Waals surface area contributed by atoms with Gasteiger partial charge in [-0.2, -0.15) is 0 Å². The van der Waals surface area contributed by atoms with Gasteiger partial charge in [-0.25, -0.2) is 4.98 Å². The number of nitrogens with one attached hydrogen (secondary N) is 1. The van der Waals surface area contributed by atoms with Gasteiger partial charge in [0, 0.05) is 30.4 Å². The quantitative estimate of drug-likeness (QED) is 0.807. The van der Waals surface area contributed by atoms with Gasteiger partial charge in [0.25, 0.3) is 0 Å². The molecule has 1 aliphatic rings. The Morgan fingerprint density at radius 1 is 1.09 bits per heavy atom. The third kappa shape index (κ3) is 4.57. The number of pyridine rings is 1. The fourth-order valence-corrected chi connectivity index (χ4v) is 2.51. The lowest BCUT2D eigenvalue weighted by Crippen LogP contribution is -2.14. The lowest BCUT2D eigenvalue weighted by molar-refractivity contribution is 0.611. The minimum atomic E-state index is 0.471. The third-order valence-corrected chi connectivity index (χ3v) is 3.32. The van der Waals surface area contributed by atoms with Gasteiger partial charge in [0.05, 0.1) is 0 Å². The first kappa shape index (κ1) is 18.7. The molecule has 22 heavy (non-hydrogen) atoms. The Morgan fingerprint density at radius 3 is 2.32 bits per heavy atom. The van der Waals surface area contributed by atoms with Crippen molar-refractivity contribution < 1.29 is 0 Å². The van der Waals surface area contributed by atoms with Crippen molar-refractivity contribution in [2.75, 3.05) is 6.54 Å². The minimum Gasteiger partial charge on any atom is -0.330 e. The van der Waals surface area contributed by atoms with Crippen molar-refractivity contribution in [2.45, 2.75) is 67.5 Å². The van der Waals surface area contributed by atoms with Crippen molar-refractivity contribution in [2.24, 2.45) is 5.92 Å². The number of rotatable bonds is 1. The fourth-order valence-electron chi connectivity index (χ4n) is 2.51. The summed E-state index contributed by atoms with van der Waals surface area (Å²) in [6, 6.07) is 2.63. The van der Waals surface area contributed by atoms with E-state index in [-0.39, 0.29) is 0 Å². The van der Waals surface area contributed by atoms with Crippen LogP contribution in [0, 0.1) is 5.92 Å². The van der Waals surface area contributed by atoms with E-state index < -0.39 is 0 Å². The Hall–Kier alpha value is -1.35. The highest BCUT2D eigenvalue weighted by Crippen LogP contribution is 2.27. The van der Waals surface area contributed by atoms with E-state index in [1.165, 1.54) is 16.5 Å². The van der Waals surface area contributed by atoms with Crippen molar-refractivity contribution in [3.63, 3.8) is 0 Å². The van der Waals surface area contributed by atoms with E-state index in [1.807, 2.05) is 20.0 Å². The summed E-state index contributed by atoms with van der Waals surface area (Å²) >= 11 is 0. The average Bonchev–Trinajstić information content (AvgIpc) is 2.72. The highest BCUT2D eigenvalue weighted by atomic mass is 15.1. The van der Waals surface area contributed by atoms with E-state index in [0.29, 0.717) is 6.04 Å². The number of aromatic nitrogens is 2. The molecule has 3 heterocycles. The molecule has 3 nitrogen and oxygen atoms in total. The summed E-state index contributed by atoms with van der Waals surface area (Å²) in [5.41, 5.74) is 3.97. The second-order valence-electron chi connectivity index (χ2n) is 6.48. The summed E-state index contributed by atoms with van der Waals surface area (Å²) in [5, 5.41) is 4.84. The topological polar surface area (TPSA) is 29.9 Å². The van der Waals surface area contributed by atoms with Gasteiger partial charge >= 0.3 is 0 Å². The molecule has 0 amide bonds. The smallest absolute Gasteiger partial charge is 0.140 e. The number of nitrogens with zero attached hydrogens (tertiary/aromatic N) is 2. The maximum absolute atomic E-state index is 4.54. The van der Waals surface area contributed by atoms with E-state index >= 15 is 0 Å². The molecule has 0 aromatic carbocycles. The van der Waals surface area contributed by atoms with Gasteiger partial charge in [-0.1, -0.05) is 34.6 Å². The van der Waals surface area contributed by atoms with Crippen molar-refractivity contribution in [3.05, 3.63) is 29.6 Å². The van der Waals surface area contributed by atoms with E-state index in [9.17, 15) is 0 Å². The molecule has 2 aromatic heterocycles. The Kier molecular flexibility index (Phi) is 7.60. The Bertz CT molecular complexity index is 565. The Balaban J connectivity index is 0.000000354. The second-order valence-corrected chi connectivity index (χ2v) is 6.48. The molecule has 0 spiro atoms. The molecule has 0 aliphatic carbocycles. The van der Waals surface area contributed by atoms with Crippen LogP contribution in [0.5, 0.6) is 0 Å². The van der Waals surface area contributed by atoms with Crippen LogP contribution in [-0.4, -0.2) is 16.1 Å². The summed E-state index contributed by atoms with van der Waals surface area (Å²) in [4.78, 5) is 4.54. The first-order valence-corrected chi connectivity index (χ1v) is 8.68. The second kappa shape index (κ2) is 8.94. The van der Waals surface area contributed by atoms with Crippen LogP contribution < -0.4 is 5.32 Å². The van der Waals surface area contributed by atoms with Crippen molar-refractivity contribution in [1.82, 2.24) is 14.9 Å². The van der Waals surface area contributed by atoms with Crippen LogP contribution in [0.2, 0.25) is 0 Å². The zero-order chi connectivity index (χ0) is 16.7. The van der Waals surface area contributed by atoms with Gasteiger partial charge in [0.2, 0.25) is 0 Å². The zero-order valence-electron chi connectivity index (χ0n) is 15.4. The molecule has 0 atom stereocenters. The maximum Gasteiger partial charge on any atom is 0.140 e. The summed E-state index contributed by atoms with van der Waals surface area (Å²) in [7, 11) is 0.